The first-order valence-electron chi connectivity index (χ1n) is 9.20. The summed E-state index contributed by atoms with van der Waals surface area (Å²) in [7, 11) is 2.20. The highest BCUT2D eigenvalue weighted by molar-refractivity contribution is 5.88. The summed E-state index contributed by atoms with van der Waals surface area (Å²) in [4.78, 5) is 0. The van der Waals surface area contributed by atoms with E-state index in [1.165, 1.54) is 38.9 Å². The summed E-state index contributed by atoms with van der Waals surface area (Å²) >= 11 is 0. The Morgan fingerprint density at radius 3 is 2.46 bits per heavy atom. The number of aryl methyl sites for hydroxylation is 1. The van der Waals surface area contributed by atoms with Crippen molar-refractivity contribution in [3.63, 3.8) is 0 Å². The molecule has 3 aromatic carbocycles. The number of rotatable bonds is 2. The molecule has 4 aromatic rings. The highest BCUT2D eigenvalue weighted by Gasteiger charge is 2.28. The maximum atomic E-state index is 2.38. The third-order valence-corrected chi connectivity index (χ3v) is 5.61. The van der Waals surface area contributed by atoms with Gasteiger partial charge in [0, 0.05) is 36.0 Å². The fourth-order valence-electron chi connectivity index (χ4n) is 4.34. The maximum absolute atomic E-state index is 2.38. The molecule has 1 heteroatoms. The Morgan fingerprint density at radius 2 is 1.58 bits per heavy atom. The van der Waals surface area contributed by atoms with Crippen LogP contribution < -0.4 is 0 Å². The number of aromatic nitrogens is 1. The summed E-state index contributed by atoms with van der Waals surface area (Å²) in [5.41, 5.74) is 8.35. The molecule has 0 fully saturated rings. The second-order valence-electron chi connectivity index (χ2n) is 7.06. The molecule has 1 aliphatic rings. The Balaban J connectivity index is 1.74. The van der Waals surface area contributed by atoms with E-state index in [1.807, 2.05) is 0 Å². The van der Waals surface area contributed by atoms with Crippen molar-refractivity contribution in [3.05, 3.63) is 113 Å². The fourth-order valence-corrected chi connectivity index (χ4v) is 4.34. The van der Waals surface area contributed by atoms with E-state index in [4.69, 9.17) is 0 Å². The molecule has 0 N–H and O–H groups in total. The molecule has 1 aromatic heterocycles. The van der Waals surface area contributed by atoms with E-state index in [1.54, 1.807) is 0 Å². The summed E-state index contributed by atoms with van der Waals surface area (Å²) in [6, 6.07) is 28.3. The third kappa shape index (κ3) is 2.32. The zero-order valence-corrected chi connectivity index (χ0v) is 14.9. The number of fused-ring (bicyclic) bond motifs is 4. The summed E-state index contributed by atoms with van der Waals surface area (Å²) in [6.45, 7) is 0. The SMILES string of the molecule is Cn1c2c(c3ccccc31)C(/C=C/c1ccccc1)c1ccccc1C2. The Labute approximate surface area is 154 Å². The van der Waals surface area contributed by atoms with Crippen LogP contribution in [0.25, 0.3) is 17.0 Å². The van der Waals surface area contributed by atoms with E-state index in [9.17, 15) is 0 Å². The lowest BCUT2D eigenvalue weighted by Gasteiger charge is -2.25. The second kappa shape index (κ2) is 6.03. The largest absolute Gasteiger partial charge is 0.347 e. The molecule has 0 spiro atoms. The number of hydrogen-bond acceptors (Lipinski definition) is 0. The molecule has 0 saturated heterocycles. The van der Waals surface area contributed by atoms with Crippen molar-refractivity contribution in [2.75, 3.05) is 0 Å². The van der Waals surface area contributed by atoms with E-state index in [2.05, 4.69) is 103 Å². The van der Waals surface area contributed by atoms with Crippen LogP contribution in [-0.2, 0) is 13.5 Å². The molecule has 126 valence electrons. The van der Waals surface area contributed by atoms with Gasteiger partial charge in [-0.25, -0.2) is 0 Å². The minimum Gasteiger partial charge on any atom is -0.347 e. The number of benzene rings is 3. The van der Waals surface area contributed by atoms with Gasteiger partial charge in [-0.15, -0.1) is 0 Å². The van der Waals surface area contributed by atoms with Crippen LogP contribution >= 0.6 is 0 Å². The monoisotopic (exact) mass is 335 g/mol. The van der Waals surface area contributed by atoms with Gasteiger partial charge in [0.05, 0.1) is 0 Å². The van der Waals surface area contributed by atoms with E-state index in [-0.39, 0.29) is 0 Å². The number of hydrogen-bond donors (Lipinski definition) is 0. The number of nitrogens with zero attached hydrogens (tertiary/aromatic N) is 1. The zero-order valence-electron chi connectivity index (χ0n) is 14.9. The van der Waals surface area contributed by atoms with Crippen molar-refractivity contribution >= 4 is 17.0 Å². The third-order valence-electron chi connectivity index (χ3n) is 5.61. The molecule has 1 aliphatic carbocycles. The van der Waals surface area contributed by atoms with E-state index in [0.717, 1.165) is 6.42 Å². The molecule has 0 saturated carbocycles. The van der Waals surface area contributed by atoms with Gasteiger partial charge in [0.25, 0.3) is 0 Å². The summed E-state index contributed by atoms with van der Waals surface area (Å²) in [6.07, 6.45) is 5.64. The molecule has 0 bridgehead atoms. The second-order valence-corrected chi connectivity index (χ2v) is 7.06. The Hall–Kier alpha value is -3.06. The molecule has 1 nitrogen and oxygen atoms in total. The molecule has 0 radical (unpaired) electrons. The lowest BCUT2D eigenvalue weighted by molar-refractivity contribution is 0.818. The van der Waals surface area contributed by atoms with E-state index in [0.29, 0.717) is 5.92 Å². The van der Waals surface area contributed by atoms with Gasteiger partial charge in [-0.1, -0.05) is 84.9 Å². The van der Waals surface area contributed by atoms with Crippen molar-refractivity contribution in [3.8, 4) is 0 Å². The molecular formula is C25H21N. The van der Waals surface area contributed by atoms with Gasteiger partial charge in [-0.2, -0.15) is 0 Å². The van der Waals surface area contributed by atoms with Crippen molar-refractivity contribution in [1.29, 1.82) is 0 Å². The smallest absolute Gasteiger partial charge is 0.0483 e. The van der Waals surface area contributed by atoms with Crippen LogP contribution in [0, 0.1) is 0 Å². The highest BCUT2D eigenvalue weighted by atomic mass is 15.0. The van der Waals surface area contributed by atoms with Gasteiger partial charge in [-0.3, -0.25) is 0 Å². The van der Waals surface area contributed by atoms with Crippen molar-refractivity contribution < 1.29 is 0 Å². The number of para-hydroxylation sites is 1. The van der Waals surface area contributed by atoms with Crippen molar-refractivity contribution in [2.24, 2.45) is 7.05 Å². The minimum atomic E-state index is 0.293. The molecule has 1 atom stereocenters. The average Bonchev–Trinajstić information content (AvgIpc) is 2.99. The first-order valence-corrected chi connectivity index (χ1v) is 9.20. The summed E-state index contributed by atoms with van der Waals surface area (Å²) in [5.74, 6) is 0.293. The maximum Gasteiger partial charge on any atom is 0.0483 e. The topological polar surface area (TPSA) is 4.93 Å². The number of allylic oxidation sites excluding steroid dienone is 1. The van der Waals surface area contributed by atoms with Crippen LogP contribution in [0.5, 0.6) is 0 Å². The standard InChI is InChI=1S/C25H21N/c1-26-23-14-8-7-13-22(23)25-21(16-15-18-9-3-2-4-10-18)20-12-6-5-11-19(20)17-24(25)26/h2-16,21H,17H2,1H3/b16-15+. The van der Waals surface area contributed by atoms with Crippen LogP contribution in [0.4, 0.5) is 0 Å². The van der Waals surface area contributed by atoms with Gasteiger partial charge in [-0.05, 0) is 28.3 Å². The predicted octanol–water partition coefficient (Wildman–Crippen LogP) is 5.93. The molecule has 0 amide bonds. The molecule has 1 heterocycles. The van der Waals surface area contributed by atoms with Gasteiger partial charge in [0.15, 0.2) is 0 Å². The Morgan fingerprint density at radius 1 is 0.846 bits per heavy atom. The van der Waals surface area contributed by atoms with Crippen molar-refractivity contribution in [1.82, 2.24) is 4.57 Å². The molecule has 26 heavy (non-hydrogen) atoms. The highest BCUT2D eigenvalue weighted by Crippen LogP contribution is 2.42. The first-order chi connectivity index (χ1) is 12.8. The Bertz CT molecular complexity index is 1120. The fraction of sp³-hybridized carbons (Fsp3) is 0.120. The van der Waals surface area contributed by atoms with Gasteiger partial charge in [0.2, 0.25) is 0 Å². The average molecular weight is 335 g/mol. The molecule has 0 aliphatic heterocycles. The van der Waals surface area contributed by atoms with Crippen LogP contribution in [0.15, 0.2) is 84.9 Å². The lowest BCUT2D eigenvalue weighted by atomic mass is 9.79. The molecule has 5 rings (SSSR count). The van der Waals surface area contributed by atoms with Gasteiger partial charge >= 0.3 is 0 Å². The summed E-state index contributed by atoms with van der Waals surface area (Å²) in [5, 5.41) is 1.38. The molecular weight excluding hydrogens is 314 g/mol. The van der Waals surface area contributed by atoms with Crippen LogP contribution in [0.1, 0.15) is 33.9 Å². The van der Waals surface area contributed by atoms with E-state index < -0.39 is 0 Å². The van der Waals surface area contributed by atoms with Gasteiger partial charge in [0.1, 0.15) is 0 Å². The van der Waals surface area contributed by atoms with Crippen molar-refractivity contribution in [2.45, 2.75) is 12.3 Å². The summed E-state index contributed by atoms with van der Waals surface area (Å²) < 4.78 is 2.38. The normalized spacial score (nSPS) is 16.0. The van der Waals surface area contributed by atoms with Crippen LogP contribution in [-0.4, -0.2) is 4.57 Å². The lowest BCUT2D eigenvalue weighted by Crippen LogP contribution is -2.13. The zero-order chi connectivity index (χ0) is 17.5. The Kier molecular flexibility index (Phi) is 3.53. The van der Waals surface area contributed by atoms with Gasteiger partial charge < -0.3 is 4.57 Å². The quantitative estimate of drug-likeness (QED) is 0.428. The van der Waals surface area contributed by atoms with E-state index >= 15 is 0 Å². The van der Waals surface area contributed by atoms with Crippen LogP contribution in [0.2, 0.25) is 0 Å². The molecule has 1 unspecified atom stereocenters. The minimum absolute atomic E-state index is 0.293. The van der Waals surface area contributed by atoms with Crippen LogP contribution in [0.3, 0.4) is 0 Å². The predicted molar refractivity (Wildman–Crippen MR) is 109 cm³/mol. The first kappa shape index (κ1) is 15.2.